The van der Waals surface area contributed by atoms with Crippen molar-refractivity contribution in [3.63, 3.8) is 0 Å². The number of hydrogen-bond donors (Lipinski definition) is 0. The van der Waals surface area contributed by atoms with Crippen LogP contribution in [0.2, 0.25) is 0 Å². The first-order valence-electron chi connectivity index (χ1n) is 3.06. The summed E-state index contributed by atoms with van der Waals surface area (Å²) < 4.78 is 4.62. The van der Waals surface area contributed by atoms with Crippen LogP contribution in [0.1, 0.15) is 6.92 Å². The van der Waals surface area contributed by atoms with Crippen LogP contribution >= 0.6 is 11.6 Å². The van der Waals surface area contributed by atoms with E-state index in [0.717, 1.165) is 0 Å². The normalized spacial score (nSPS) is 10.7. The molecule has 1 atom stereocenters. The lowest BCUT2D eigenvalue weighted by Gasteiger charge is -2.01. The van der Waals surface area contributed by atoms with Crippen molar-refractivity contribution < 1.29 is 9.53 Å². The second kappa shape index (κ2) is 5.82. The van der Waals surface area contributed by atoms with Gasteiger partial charge >= 0.3 is 5.97 Å². The molecule has 0 radical (unpaired) electrons. The molecule has 2 nitrogen and oxygen atoms in total. The summed E-state index contributed by atoms with van der Waals surface area (Å²) >= 11 is 5.57. The van der Waals surface area contributed by atoms with E-state index >= 15 is 0 Å². The zero-order chi connectivity index (χ0) is 8.69. The molecule has 0 aromatic rings. The highest BCUT2D eigenvalue weighted by Crippen LogP contribution is 1.96. The van der Waals surface area contributed by atoms with Crippen molar-refractivity contribution in [2.75, 3.05) is 6.61 Å². The van der Waals surface area contributed by atoms with Gasteiger partial charge < -0.3 is 4.74 Å². The SMILES string of the molecule is C=CC(Cl)COC(=O)C#CC. The average molecular weight is 173 g/mol. The number of halogens is 1. The van der Waals surface area contributed by atoms with Gasteiger partial charge in [-0.25, -0.2) is 4.79 Å². The lowest BCUT2D eigenvalue weighted by Crippen LogP contribution is -2.10. The largest absolute Gasteiger partial charge is 0.454 e. The molecular formula is C8H9ClO2. The Morgan fingerprint density at radius 1 is 1.91 bits per heavy atom. The highest BCUT2D eigenvalue weighted by atomic mass is 35.5. The van der Waals surface area contributed by atoms with E-state index in [1.54, 1.807) is 6.92 Å². The Balaban J connectivity index is 3.59. The molecule has 0 bridgehead atoms. The number of hydrogen-bond acceptors (Lipinski definition) is 2. The minimum atomic E-state index is -0.556. The molecule has 1 unspecified atom stereocenters. The first kappa shape index (κ1) is 10.1. The van der Waals surface area contributed by atoms with Crippen LogP contribution in [-0.4, -0.2) is 18.0 Å². The first-order valence-corrected chi connectivity index (χ1v) is 3.50. The molecule has 0 aromatic heterocycles. The van der Waals surface area contributed by atoms with Gasteiger partial charge in [-0.05, 0) is 6.92 Å². The lowest BCUT2D eigenvalue weighted by atomic mass is 10.4. The predicted molar refractivity (Wildman–Crippen MR) is 44.2 cm³/mol. The Bertz CT molecular complexity index is 200. The van der Waals surface area contributed by atoms with Crippen LogP contribution < -0.4 is 0 Å². The summed E-state index contributed by atoms with van der Waals surface area (Å²) in [6.07, 6.45) is 1.49. The van der Waals surface area contributed by atoms with E-state index < -0.39 is 5.97 Å². The number of esters is 1. The van der Waals surface area contributed by atoms with E-state index in [9.17, 15) is 4.79 Å². The molecule has 0 spiro atoms. The molecule has 0 saturated heterocycles. The Morgan fingerprint density at radius 3 is 3.00 bits per heavy atom. The van der Waals surface area contributed by atoms with Crippen LogP contribution in [0.5, 0.6) is 0 Å². The topological polar surface area (TPSA) is 26.3 Å². The molecule has 0 fully saturated rings. The third kappa shape index (κ3) is 5.50. The standard InChI is InChI=1S/C8H9ClO2/c1-3-5-8(10)11-6-7(9)4-2/h4,7H,2,6H2,1H3. The second-order valence-corrected chi connectivity index (χ2v) is 2.29. The molecule has 0 saturated carbocycles. The summed E-state index contributed by atoms with van der Waals surface area (Å²) in [6, 6.07) is 0. The molecule has 0 aliphatic rings. The summed E-state index contributed by atoms with van der Waals surface area (Å²) in [5.41, 5.74) is 0. The highest BCUT2D eigenvalue weighted by Gasteiger charge is 2.01. The van der Waals surface area contributed by atoms with E-state index in [4.69, 9.17) is 11.6 Å². The van der Waals surface area contributed by atoms with Gasteiger partial charge in [-0.15, -0.1) is 18.2 Å². The van der Waals surface area contributed by atoms with Gasteiger partial charge in [0.25, 0.3) is 0 Å². The Kier molecular flexibility index (Phi) is 5.32. The second-order valence-electron chi connectivity index (χ2n) is 1.73. The zero-order valence-corrected chi connectivity index (χ0v) is 7.02. The van der Waals surface area contributed by atoms with Crippen LogP contribution in [0.25, 0.3) is 0 Å². The van der Waals surface area contributed by atoms with Crippen molar-refractivity contribution in [2.24, 2.45) is 0 Å². The molecular weight excluding hydrogens is 164 g/mol. The minimum absolute atomic E-state index is 0.124. The Morgan fingerprint density at radius 2 is 2.55 bits per heavy atom. The van der Waals surface area contributed by atoms with Crippen molar-refractivity contribution in [3.8, 4) is 11.8 Å². The molecule has 0 N–H and O–H groups in total. The van der Waals surface area contributed by atoms with Crippen molar-refractivity contribution >= 4 is 17.6 Å². The molecule has 0 aliphatic carbocycles. The fourth-order valence-corrected chi connectivity index (χ4v) is 0.424. The van der Waals surface area contributed by atoms with Gasteiger partial charge in [-0.3, -0.25) is 0 Å². The van der Waals surface area contributed by atoms with Crippen LogP contribution in [0.15, 0.2) is 12.7 Å². The van der Waals surface area contributed by atoms with Crippen LogP contribution in [0.3, 0.4) is 0 Å². The van der Waals surface area contributed by atoms with Gasteiger partial charge in [0.05, 0.1) is 5.38 Å². The van der Waals surface area contributed by atoms with Crippen molar-refractivity contribution in [1.29, 1.82) is 0 Å². The van der Waals surface area contributed by atoms with Gasteiger partial charge in [0.2, 0.25) is 0 Å². The summed E-state index contributed by atoms with van der Waals surface area (Å²) in [5.74, 6) is 4.08. The van der Waals surface area contributed by atoms with Crippen molar-refractivity contribution in [1.82, 2.24) is 0 Å². The van der Waals surface area contributed by atoms with Crippen LogP contribution in [-0.2, 0) is 9.53 Å². The van der Waals surface area contributed by atoms with Crippen LogP contribution in [0, 0.1) is 11.8 Å². The fourth-order valence-electron chi connectivity index (χ4n) is 0.361. The maximum absolute atomic E-state index is 10.6. The molecule has 3 heteroatoms. The molecule has 0 amide bonds. The highest BCUT2D eigenvalue weighted by molar-refractivity contribution is 6.21. The molecule has 0 rings (SSSR count). The predicted octanol–water partition coefficient (Wildman–Crippen LogP) is 1.35. The van der Waals surface area contributed by atoms with E-state index in [0.29, 0.717) is 0 Å². The van der Waals surface area contributed by atoms with E-state index in [-0.39, 0.29) is 12.0 Å². The van der Waals surface area contributed by atoms with E-state index in [2.05, 4.69) is 23.2 Å². The van der Waals surface area contributed by atoms with E-state index in [1.807, 2.05) is 0 Å². The average Bonchev–Trinajstić information content (AvgIpc) is 2.01. The summed E-state index contributed by atoms with van der Waals surface area (Å²) in [7, 11) is 0. The van der Waals surface area contributed by atoms with E-state index in [1.165, 1.54) is 6.08 Å². The smallest absolute Gasteiger partial charge is 0.384 e. The molecule has 0 heterocycles. The third-order valence-electron chi connectivity index (χ3n) is 0.856. The summed E-state index contributed by atoms with van der Waals surface area (Å²) in [6.45, 7) is 5.11. The molecule has 0 aliphatic heterocycles. The molecule has 0 aromatic carbocycles. The number of alkyl halides is 1. The number of carbonyl (C=O) groups is 1. The maximum Gasteiger partial charge on any atom is 0.384 e. The van der Waals surface area contributed by atoms with Crippen molar-refractivity contribution in [3.05, 3.63) is 12.7 Å². The fraction of sp³-hybridized carbons (Fsp3) is 0.375. The van der Waals surface area contributed by atoms with Gasteiger partial charge in [0.15, 0.2) is 0 Å². The molecule has 11 heavy (non-hydrogen) atoms. The summed E-state index contributed by atoms with van der Waals surface area (Å²) in [5, 5.41) is -0.336. The third-order valence-corrected chi connectivity index (χ3v) is 1.16. The van der Waals surface area contributed by atoms with Gasteiger partial charge in [0, 0.05) is 5.92 Å². The van der Waals surface area contributed by atoms with Crippen molar-refractivity contribution in [2.45, 2.75) is 12.3 Å². The first-order chi connectivity index (χ1) is 5.20. The Hall–Kier alpha value is -0.940. The maximum atomic E-state index is 10.6. The lowest BCUT2D eigenvalue weighted by molar-refractivity contribution is -0.136. The van der Waals surface area contributed by atoms with Gasteiger partial charge in [-0.2, -0.15) is 0 Å². The quantitative estimate of drug-likeness (QED) is 0.211. The van der Waals surface area contributed by atoms with Gasteiger partial charge in [-0.1, -0.05) is 12.0 Å². The number of rotatable bonds is 3. The minimum Gasteiger partial charge on any atom is -0.454 e. The molecule has 60 valence electrons. The summed E-state index contributed by atoms with van der Waals surface area (Å²) in [4.78, 5) is 10.6. The number of ether oxygens (including phenoxy) is 1. The van der Waals surface area contributed by atoms with Gasteiger partial charge in [0.1, 0.15) is 6.61 Å². The number of carbonyl (C=O) groups excluding carboxylic acids is 1. The monoisotopic (exact) mass is 172 g/mol. The Labute approximate surface area is 71.2 Å². The van der Waals surface area contributed by atoms with Crippen LogP contribution in [0.4, 0.5) is 0 Å². The zero-order valence-electron chi connectivity index (χ0n) is 6.26.